The number of phosphoric ester groups is 1. The van der Waals surface area contributed by atoms with Crippen molar-refractivity contribution in [1.82, 2.24) is 5.32 Å². The molecule has 0 aromatic carbocycles. The van der Waals surface area contributed by atoms with Gasteiger partial charge in [0.15, 0.2) is 0 Å². The number of nitrogens with one attached hydrogen (secondary N) is 1. The van der Waals surface area contributed by atoms with Gasteiger partial charge in [-0.05, 0) is 19.3 Å². The highest BCUT2D eigenvalue weighted by molar-refractivity contribution is 7.47. The van der Waals surface area contributed by atoms with Crippen molar-refractivity contribution in [3.05, 3.63) is 0 Å². The van der Waals surface area contributed by atoms with Crippen LogP contribution < -0.4 is 5.32 Å². The number of esters is 1. The Balaban J connectivity index is -0.00000399. The molecule has 0 aliphatic heterocycles. The Morgan fingerprint density at radius 2 is 0.983 bits per heavy atom. The third-order valence-electron chi connectivity index (χ3n) is 10.6. The van der Waals surface area contributed by atoms with Crippen LogP contribution in [0.4, 0.5) is 0 Å². The standard InChI is InChI=1S/C46H90NO9P.CH2O.2H2/c1-3-5-7-9-11-13-15-17-19-21-23-25-27-29-31-35-40-53-42-44(43-55-57(51,52)54-41-38-47-45(49)36-33-34-39-48)56-46(50)37-32-30-28-26-24-22-20-18-16-14-12-10-8-6-4-2;1-2;;/h39,44H,3-38,40-43H2,1-2H3,(H,47,49)(H,51,52);1H2;2*1H/t44-;;;/m0.../s1. The van der Waals surface area contributed by atoms with Crippen molar-refractivity contribution < 1.29 is 50.0 Å². The lowest BCUT2D eigenvalue weighted by Gasteiger charge is -2.20. The lowest BCUT2D eigenvalue weighted by molar-refractivity contribution is -0.154. The second-order valence-electron chi connectivity index (χ2n) is 16.2. The fourth-order valence-corrected chi connectivity index (χ4v) is 7.72. The summed E-state index contributed by atoms with van der Waals surface area (Å²) in [6, 6.07) is 0. The summed E-state index contributed by atoms with van der Waals surface area (Å²) in [4.78, 5) is 53.1. The van der Waals surface area contributed by atoms with E-state index < -0.39 is 13.9 Å². The molecule has 0 spiro atoms. The van der Waals surface area contributed by atoms with Crippen molar-refractivity contribution in [1.29, 1.82) is 0 Å². The molecule has 0 heterocycles. The summed E-state index contributed by atoms with van der Waals surface area (Å²) >= 11 is 0. The normalized spacial score (nSPS) is 12.7. The van der Waals surface area contributed by atoms with E-state index in [9.17, 15) is 23.8 Å². The van der Waals surface area contributed by atoms with Crippen LogP contribution in [0.25, 0.3) is 0 Å². The molecule has 2 N–H and O–H groups in total. The number of phosphoric acid groups is 1. The van der Waals surface area contributed by atoms with Gasteiger partial charge in [-0.1, -0.05) is 200 Å². The SMILES string of the molecule is C=O.CCCCCCCCCCCCCCCCCCOC[C@@H](COP(=O)(O)OCCNC(=O)CCCC=O)OC(=O)CCCCCCCCCCCCCCCCC.[HH].[HH]. The van der Waals surface area contributed by atoms with Gasteiger partial charge in [-0.3, -0.25) is 18.6 Å². The van der Waals surface area contributed by atoms with Gasteiger partial charge < -0.3 is 29.3 Å². The fourth-order valence-electron chi connectivity index (χ4n) is 6.97. The third kappa shape index (κ3) is 48.9. The predicted octanol–water partition coefficient (Wildman–Crippen LogP) is 13.4. The Kier molecular flexibility index (Phi) is 49.4. The molecule has 0 aliphatic rings. The summed E-state index contributed by atoms with van der Waals surface area (Å²) in [7, 11) is -4.45. The van der Waals surface area contributed by atoms with E-state index in [2.05, 4.69) is 19.2 Å². The molecule has 0 aromatic heterocycles. The monoisotopic (exact) mass is 866 g/mol. The molecule has 12 heteroatoms. The summed E-state index contributed by atoms with van der Waals surface area (Å²) in [5.74, 6) is -0.632. The summed E-state index contributed by atoms with van der Waals surface area (Å²) in [5, 5.41) is 2.58. The van der Waals surface area contributed by atoms with Gasteiger partial charge in [0.2, 0.25) is 5.91 Å². The number of amides is 1. The number of carbonyl (C=O) groups excluding carboxylic acids is 4. The molecule has 354 valence electrons. The molecule has 0 radical (unpaired) electrons. The van der Waals surface area contributed by atoms with Gasteiger partial charge >= 0.3 is 13.8 Å². The topological polar surface area (TPSA) is 155 Å². The van der Waals surface area contributed by atoms with Crippen LogP contribution in [0.15, 0.2) is 0 Å². The summed E-state index contributed by atoms with van der Waals surface area (Å²) in [6.45, 7) is 6.57. The zero-order chi connectivity index (χ0) is 43.8. The van der Waals surface area contributed by atoms with E-state index in [1.54, 1.807) is 0 Å². The largest absolute Gasteiger partial charge is 0.472 e. The van der Waals surface area contributed by atoms with Crippen LogP contribution in [0.5, 0.6) is 0 Å². The van der Waals surface area contributed by atoms with Gasteiger partial charge in [-0.2, -0.15) is 0 Å². The molecule has 2 atom stereocenters. The fraction of sp³-hybridized carbons (Fsp3) is 0.915. The van der Waals surface area contributed by atoms with Crippen LogP contribution in [-0.2, 0) is 42.3 Å². The summed E-state index contributed by atoms with van der Waals surface area (Å²) < 4.78 is 34.2. The van der Waals surface area contributed by atoms with Gasteiger partial charge in [0, 0.05) is 35.3 Å². The van der Waals surface area contributed by atoms with Gasteiger partial charge in [0.05, 0.1) is 19.8 Å². The lowest BCUT2D eigenvalue weighted by Crippen LogP contribution is -2.29. The number of aldehydes is 1. The second kappa shape index (κ2) is 49.0. The maximum atomic E-state index is 12.7. The van der Waals surface area contributed by atoms with Crippen molar-refractivity contribution in [3.63, 3.8) is 0 Å². The van der Waals surface area contributed by atoms with Crippen LogP contribution in [0.3, 0.4) is 0 Å². The van der Waals surface area contributed by atoms with Crippen LogP contribution in [0, 0.1) is 0 Å². The van der Waals surface area contributed by atoms with E-state index in [-0.39, 0.29) is 53.9 Å². The van der Waals surface area contributed by atoms with Crippen molar-refractivity contribution in [3.8, 4) is 0 Å². The highest BCUT2D eigenvalue weighted by Crippen LogP contribution is 2.43. The average Bonchev–Trinajstić information content (AvgIpc) is 3.23. The highest BCUT2D eigenvalue weighted by atomic mass is 31.2. The molecule has 1 amide bonds. The van der Waals surface area contributed by atoms with E-state index in [0.29, 0.717) is 19.4 Å². The number of hydrogen-bond donors (Lipinski definition) is 2. The first-order valence-electron chi connectivity index (χ1n) is 24.2. The first-order chi connectivity index (χ1) is 28.8. The minimum Gasteiger partial charge on any atom is -0.457 e. The molecule has 1 unspecified atom stereocenters. The molecule has 0 rings (SSSR count). The van der Waals surface area contributed by atoms with Gasteiger partial charge in [0.25, 0.3) is 0 Å². The lowest BCUT2D eigenvalue weighted by atomic mass is 10.0. The molecule has 0 aromatic rings. The molecular formula is C47H96NO10P. The first kappa shape index (κ1) is 59.4. The Labute approximate surface area is 364 Å². The van der Waals surface area contributed by atoms with Crippen LogP contribution in [0.2, 0.25) is 0 Å². The number of ether oxygens (including phenoxy) is 2. The zero-order valence-electron chi connectivity index (χ0n) is 38.2. The highest BCUT2D eigenvalue weighted by Gasteiger charge is 2.25. The number of unbranched alkanes of at least 4 members (excludes halogenated alkanes) is 30. The van der Waals surface area contributed by atoms with E-state index >= 15 is 0 Å². The van der Waals surface area contributed by atoms with E-state index in [1.807, 2.05) is 6.79 Å². The zero-order valence-corrected chi connectivity index (χ0v) is 39.1. The first-order valence-corrected chi connectivity index (χ1v) is 25.7. The quantitative estimate of drug-likeness (QED) is 0.0261. The van der Waals surface area contributed by atoms with Crippen molar-refractivity contribution in [2.45, 2.75) is 245 Å². The molecule has 0 saturated heterocycles. The number of rotatable bonds is 47. The van der Waals surface area contributed by atoms with Gasteiger partial charge in [-0.25, -0.2) is 4.57 Å². The Hall–Kier alpha value is -1.65. The van der Waals surface area contributed by atoms with E-state index in [4.69, 9.17) is 23.3 Å². The van der Waals surface area contributed by atoms with Gasteiger partial charge in [0.1, 0.15) is 19.2 Å². The molecule has 0 saturated carbocycles. The number of carbonyl (C=O) groups is 4. The minimum absolute atomic E-state index is 0. The van der Waals surface area contributed by atoms with E-state index in [0.717, 1.165) is 38.4 Å². The van der Waals surface area contributed by atoms with Crippen LogP contribution >= 0.6 is 7.82 Å². The van der Waals surface area contributed by atoms with Crippen molar-refractivity contribution in [2.24, 2.45) is 0 Å². The van der Waals surface area contributed by atoms with E-state index in [1.165, 1.54) is 167 Å². The summed E-state index contributed by atoms with van der Waals surface area (Å²) in [6.07, 6.45) is 40.6. The molecule has 0 fully saturated rings. The van der Waals surface area contributed by atoms with Crippen LogP contribution in [0.1, 0.15) is 241 Å². The number of hydrogen-bond acceptors (Lipinski definition) is 9. The van der Waals surface area contributed by atoms with Crippen molar-refractivity contribution in [2.75, 3.05) is 33.0 Å². The smallest absolute Gasteiger partial charge is 0.457 e. The Bertz CT molecular complexity index is 968. The minimum atomic E-state index is -4.45. The second-order valence-corrected chi connectivity index (χ2v) is 17.6. The molecular weight excluding hydrogens is 769 g/mol. The third-order valence-corrected chi connectivity index (χ3v) is 11.5. The maximum Gasteiger partial charge on any atom is 0.472 e. The maximum absolute atomic E-state index is 12.7. The predicted molar refractivity (Wildman–Crippen MR) is 246 cm³/mol. The molecule has 0 aliphatic carbocycles. The van der Waals surface area contributed by atoms with Crippen LogP contribution in [-0.4, -0.2) is 68.9 Å². The molecule has 0 bridgehead atoms. The van der Waals surface area contributed by atoms with Gasteiger partial charge in [-0.15, -0.1) is 0 Å². The Morgan fingerprint density at radius 1 is 0.576 bits per heavy atom. The summed E-state index contributed by atoms with van der Waals surface area (Å²) in [5.41, 5.74) is 0. The van der Waals surface area contributed by atoms with Crippen molar-refractivity contribution >= 4 is 32.8 Å². The average molecular weight is 866 g/mol. The molecule has 59 heavy (non-hydrogen) atoms. The molecule has 11 nitrogen and oxygen atoms in total. The Morgan fingerprint density at radius 3 is 1.41 bits per heavy atom.